The Hall–Kier alpha value is -0.800. The van der Waals surface area contributed by atoms with Crippen molar-refractivity contribution < 1.29 is 0 Å². The van der Waals surface area contributed by atoms with Crippen molar-refractivity contribution in [2.24, 2.45) is 5.73 Å². The van der Waals surface area contributed by atoms with Crippen LogP contribution < -0.4 is 10.6 Å². The summed E-state index contributed by atoms with van der Waals surface area (Å²) >= 11 is 6.22. The van der Waals surface area contributed by atoms with Gasteiger partial charge in [0.15, 0.2) is 0 Å². The zero-order valence-corrected chi connectivity index (χ0v) is 11.0. The van der Waals surface area contributed by atoms with E-state index in [2.05, 4.69) is 30.7 Å². The van der Waals surface area contributed by atoms with Crippen LogP contribution in [0, 0.1) is 0 Å². The molecule has 90 valence electrons. The predicted molar refractivity (Wildman–Crippen MR) is 69.9 cm³/mol. The summed E-state index contributed by atoms with van der Waals surface area (Å²) < 4.78 is 0. The van der Waals surface area contributed by atoms with E-state index in [1.165, 1.54) is 0 Å². The van der Waals surface area contributed by atoms with Crippen LogP contribution in [0.5, 0.6) is 0 Å². The molecule has 0 aliphatic heterocycles. The molecule has 0 spiro atoms. The minimum absolute atomic E-state index is 0.397. The smallest absolute Gasteiger partial charge is 0.147 e. The zero-order chi connectivity index (χ0) is 12.1. The molecule has 1 heterocycles. The SMILES string of the molecule is CCCN(c1ncc(CN)cc1Cl)C(C)C. The Morgan fingerprint density at radius 1 is 1.50 bits per heavy atom. The Bertz CT molecular complexity index is 339. The third-order valence-electron chi connectivity index (χ3n) is 2.47. The molecule has 4 heteroatoms. The average Bonchev–Trinajstić information content (AvgIpc) is 2.26. The van der Waals surface area contributed by atoms with Crippen molar-refractivity contribution in [3.05, 3.63) is 22.8 Å². The van der Waals surface area contributed by atoms with Crippen LogP contribution in [-0.4, -0.2) is 17.6 Å². The highest BCUT2D eigenvalue weighted by atomic mass is 35.5. The van der Waals surface area contributed by atoms with Gasteiger partial charge in [-0.05, 0) is 31.9 Å². The fourth-order valence-electron chi connectivity index (χ4n) is 1.64. The van der Waals surface area contributed by atoms with Crippen molar-refractivity contribution in [1.29, 1.82) is 0 Å². The summed E-state index contributed by atoms with van der Waals surface area (Å²) in [6, 6.07) is 2.29. The monoisotopic (exact) mass is 241 g/mol. The first kappa shape index (κ1) is 13.3. The van der Waals surface area contributed by atoms with E-state index >= 15 is 0 Å². The molecule has 0 aliphatic rings. The average molecular weight is 242 g/mol. The number of anilines is 1. The number of rotatable bonds is 5. The first-order chi connectivity index (χ1) is 7.60. The molecule has 0 aliphatic carbocycles. The van der Waals surface area contributed by atoms with Gasteiger partial charge in [0.2, 0.25) is 0 Å². The number of nitrogens with two attached hydrogens (primary N) is 1. The Kier molecular flexibility index (Phi) is 5.03. The van der Waals surface area contributed by atoms with Crippen LogP contribution >= 0.6 is 11.6 Å². The van der Waals surface area contributed by atoms with E-state index in [0.717, 1.165) is 24.3 Å². The van der Waals surface area contributed by atoms with Crippen molar-refractivity contribution in [1.82, 2.24) is 4.98 Å². The van der Waals surface area contributed by atoms with E-state index in [0.29, 0.717) is 17.6 Å². The minimum Gasteiger partial charge on any atom is -0.353 e. The molecular weight excluding hydrogens is 222 g/mol. The standard InChI is InChI=1S/C12H20ClN3/c1-4-5-16(9(2)3)12-11(13)6-10(7-14)8-15-12/h6,8-9H,4-5,7,14H2,1-3H3. The number of hydrogen-bond acceptors (Lipinski definition) is 3. The summed E-state index contributed by atoms with van der Waals surface area (Å²) in [5.41, 5.74) is 6.52. The van der Waals surface area contributed by atoms with Gasteiger partial charge >= 0.3 is 0 Å². The van der Waals surface area contributed by atoms with Crippen molar-refractivity contribution >= 4 is 17.4 Å². The van der Waals surface area contributed by atoms with E-state index in [1.54, 1.807) is 6.20 Å². The molecule has 0 saturated heterocycles. The first-order valence-corrected chi connectivity index (χ1v) is 6.09. The predicted octanol–water partition coefficient (Wildman–Crippen LogP) is 2.82. The van der Waals surface area contributed by atoms with Crippen LogP contribution in [0.3, 0.4) is 0 Å². The summed E-state index contributed by atoms with van der Waals surface area (Å²) in [7, 11) is 0. The lowest BCUT2D eigenvalue weighted by Crippen LogP contribution is -2.32. The van der Waals surface area contributed by atoms with Gasteiger partial charge in [-0.25, -0.2) is 4.98 Å². The fourth-order valence-corrected chi connectivity index (χ4v) is 1.94. The van der Waals surface area contributed by atoms with Gasteiger partial charge in [0.1, 0.15) is 5.82 Å². The maximum Gasteiger partial charge on any atom is 0.147 e. The van der Waals surface area contributed by atoms with E-state index < -0.39 is 0 Å². The molecule has 0 bridgehead atoms. The molecule has 1 rings (SSSR count). The van der Waals surface area contributed by atoms with Crippen molar-refractivity contribution in [3.63, 3.8) is 0 Å². The lowest BCUT2D eigenvalue weighted by Gasteiger charge is -2.28. The molecule has 0 atom stereocenters. The number of aromatic nitrogens is 1. The quantitative estimate of drug-likeness (QED) is 0.862. The van der Waals surface area contributed by atoms with Gasteiger partial charge in [-0.2, -0.15) is 0 Å². The number of pyridine rings is 1. The molecule has 3 nitrogen and oxygen atoms in total. The Morgan fingerprint density at radius 3 is 2.62 bits per heavy atom. The molecule has 16 heavy (non-hydrogen) atoms. The minimum atomic E-state index is 0.397. The van der Waals surface area contributed by atoms with E-state index in [1.807, 2.05) is 6.07 Å². The van der Waals surface area contributed by atoms with E-state index in [9.17, 15) is 0 Å². The zero-order valence-electron chi connectivity index (χ0n) is 10.2. The maximum atomic E-state index is 6.22. The topological polar surface area (TPSA) is 42.2 Å². The molecule has 0 saturated carbocycles. The Morgan fingerprint density at radius 2 is 2.19 bits per heavy atom. The van der Waals surface area contributed by atoms with Crippen LogP contribution in [0.2, 0.25) is 5.02 Å². The van der Waals surface area contributed by atoms with Crippen LogP contribution in [0.25, 0.3) is 0 Å². The molecule has 0 unspecified atom stereocenters. The normalized spacial score (nSPS) is 10.9. The van der Waals surface area contributed by atoms with E-state index in [4.69, 9.17) is 17.3 Å². The van der Waals surface area contributed by atoms with Gasteiger partial charge in [-0.3, -0.25) is 0 Å². The maximum absolute atomic E-state index is 6.22. The van der Waals surface area contributed by atoms with Gasteiger partial charge in [-0.1, -0.05) is 18.5 Å². The third-order valence-corrected chi connectivity index (χ3v) is 2.75. The molecule has 0 radical (unpaired) electrons. The number of hydrogen-bond donors (Lipinski definition) is 1. The molecular formula is C12H20ClN3. The van der Waals surface area contributed by atoms with Crippen molar-refractivity contribution in [3.8, 4) is 0 Å². The Labute approximate surface area is 103 Å². The lowest BCUT2D eigenvalue weighted by atomic mass is 10.2. The van der Waals surface area contributed by atoms with Gasteiger partial charge in [-0.15, -0.1) is 0 Å². The lowest BCUT2D eigenvalue weighted by molar-refractivity contribution is 0.662. The summed E-state index contributed by atoms with van der Waals surface area (Å²) in [6.45, 7) is 7.88. The molecule has 2 N–H and O–H groups in total. The van der Waals surface area contributed by atoms with Crippen LogP contribution in [0.1, 0.15) is 32.8 Å². The van der Waals surface area contributed by atoms with Crippen molar-refractivity contribution in [2.75, 3.05) is 11.4 Å². The highest BCUT2D eigenvalue weighted by molar-refractivity contribution is 6.33. The van der Waals surface area contributed by atoms with Gasteiger partial charge in [0.25, 0.3) is 0 Å². The summed E-state index contributed by atoms with van der Waals surface area (Å²) in [6.07, 6.45) is 2.88. The summed E-state index contributed by atoms with van der Waals surface area (Å²) in [5.74, 6) is 0.857. The highest BCUT2D eigenvalue weighted by Crippen LogP contribution is 2.25. The Balaban J connectivity index is 3.00. The fraction of sp³-hybridized carbons (Fsp3) is 0.583. The number of nitrogens with zero attached hydrogens (tertiary/aromatic N) is 2. The van der Waals surface area contributed by atoms with Crippen molar-refractivity contribution in [2.45, 2.75) is 39.8 Å². The van der Waals surface area contributed by atoms with E-state index in [-0.39, 0.29) is 0 Å². The third kappa shape index (κ3) is 3.09. The summed E-state index contributed by atoms with van der Waals surface area (Å²) in [4.78, 5) is 6.61. The second kappa shape index (κ2) is 6.06. The van der Waals surface area contributed by atoms with Crippen LogP contribution in [-0.2, 0) is 6.54 Å². The first-order valence-electron chi connectivity index (χ1n) is 5.71. The molecule has 1 aromatic heterocycles. The second-order valence-corrected chi connectivity index (χ2v) is 4.55. The van der Waals surface area contributed by atoms with Crippen LogP contribution in [0.4, 0.5) is 5.82 Å². The largest absolute Gasteiger partial charge is 0.353 e. The second-order valence-electron chi connectivity index (χ2n) is 4.14. The highest BCUT2D eigenvalue weighted by Gasteiger charge is 2.14. The van der Waals surface area contributed by atoms with Gasteiger partial charge in [0, 0.05) is 25.3 Å². The molecule has 0 fully saturated rings. The summed E-state index contributed by atoms with van der Waals surface area (Å²) in [5, 5.41) is 0.685. The molecule has 0 amide bonds. The van der Waals surface area contributed by atoms with Gasteiger partial charge in [0.05, 0.1) is 5.02 Å². The van der Waals surface area contributed by atoms with Crippen LogP contribution in [0.15, 0.2) is 12.3 Å². The van der Waals surface area contributed by atoms with Gasteiger partial charge < -0.3 is 10.6 Å². The number of halogens is 1. The molecule has 1 aromatic rings. The molecule has 0 aromatic carbocycles.